The molecule has 1 atom stereocenters. The van der Waals surface area contributed by atoms with Gasteiger partial charge >= 0.3 is 17.9 Å². The van der Waals surface area contributed by atoms with Gasteiger partial charge in [-0.1, -0.05) is 0 Å². The van der Waals surface area contributed by atoms with Gasteiger partial charge in [0.25, 0.3) is 5.91 Å². The normalized spacial score (nSPS) is 11.3. The molecule has 0 aromatic heterocycles. The number of benzene rings is 3. The van der Waals surface area contributed by atoms with Crippen LogP contribution in [0, 0.1) is 20.8 Å². The second kappa shape index (κ2) is 12.3. The van der Waals surface area contributed by atoms with Crippen LogP contribution in [0.2, 0.25) is 0 Å². The number of hydrogen-bond donors (Lipinski definition) is 4. The summed E-state index contributed by atoms with van der Waals surface area (Å²) in [6.07, 6.45) is 0. The van der Waals surface area contributed by atoms with Crippen molar-refractivity contribution in [1.29, 1.82) is 0 Å². The molecule has 0 spiro atoms. The first-order valence-corrected chi connectivity index (χ1v) is 12.1. The number of ether oxygens (including phenoxy) is 4. The molecule has 0 aliphatic rings. The van der Waals surface area contributed by atoms with Crippen molar-refractivity contribution < 1.29 is 53.4 Å². The predicted molar refractivity (Wildman–Crippen MR) is 144 cm³/mol. The number of phenols is 2. The van der Waals surface area contributed by atoms with Gasteiger partial charge in [-0.25, -0.2) is 9.59 Å². The van der Waals surface area contributed by atoms with Crippen molar-refractivity contribution in [3.8, 4) is 34.5 Å². The van der Waals surface area contributed by atoms with Crippen molar-refractivity contribution in [1.82, 2.24) is 5.32 Å². The van der Waals surface area contributed by atoms with Gasteiger partial charge in [-0.2, -0.15) is 0 Å². The van der Waals surface area contributed by atoms with Gasteiger partial charge in [-0.3, -0.25) is 9.59 Å². The molecular weight excluding hydrogens is 538 g/mol. The number of hydrogen-bond acceptors (Lipinski definition) is 10. The van der Waals surface area contributed by atoms with Crippen LogP contribution in [0.15, 0.2) is 36.4 Å². The Morgan fingerprint density at radius 1 is 0.683 bits per heavy atom. The summed E-state index contributed by atoms with van der Waals surface area (Å²) in [6.45, 7) is 5.90. The lowest BCUT2D eigenvalue weighted by molar-refractivity contribution is -0.138. The Balaban J connectivity index is 1.82. The lowest BCUT2D eigenvalue weighted by Crippen LogP contribution is -2.38. The fourth-order valence-electron chi connectivity index (χ4n) is 4.06. The van der Waals surface area contributed by atoms with Gasteiger partial charge in [0.2, 0.25) is 0 Å². The fourth-order valence-corrected chi connectivity index (χ4v) is 4.06. The van der Waals surface area contributed by atoms with Crippen LogP contribution in [0.4, 0.5) is 0 Å². The molecule has 216 valence electrons. The maximum atomic E-state index is 12.9. The molecule has 0 heterocycles. The van der Waals surface area contributed by atoms with E-state index in [1.807, 2.05) is 0 Å². The maximum Gasteiger partial charge on any atom is 0.347 e. The third-order valence-corrected chi connectivity index (χ3v) is 6.08. The molecular formula is C29H29NO11. The second-order valence-electron chi connectivity index (χ2n) is 9.10. The highest BCUT2D eigenvalue weighted by Crippen LogP contribution is 2.33. The number of aliphatic carboxylic acids is 1. The average molecular weight is 568 g/mol. The lowest BCUT2D eigenvalue weighted by Gasteiger charge is -2.15. The standard InChI is InChI=1S/C29H29NO11/c1-13-8-18(10-20(31)23(13)26(33)30-16(4)27(34)35)40-28(36)24-14(2)9-19(11-21(24)32)41-29(37)25-15(3)7-17(38-5)12-22(25)39-6/h7-12,16,31-32H,1-6H3,(H,30,33)(H,34,35)/t16-/m1/s1. The zero-order valence-electron chi connectivity index (χ0n) is 23.1. The Bertz CT molecular complexity index is 1500. The van der Waals surface area contributed by atoms with E-state index in [1.165, 1.54) is 53.2 Å². The Hall–Kier alpha value is -5.26. The molecule has 0 fully saturated rings. The van der Waals surface area contributed by atoms with Crippen molar-refractivity contribution in [2.45, 2.75) is 33.7 Å². The van der Waals surface area contributed by atoms with E-state index in [4.69, 9.17) is 24.1 Å². The van der Waals surface area contributed by atoms with Crippen LogP contribution < -0.4 is 24.3 Å². The third-order valence-electron chi connectivity index (χ3n) is 6.08. The third kappa shape index (κ3) is 6.67. The summed E-state index contributed by atoms with van der Waals surface area (Å²) in [5.74, 6) is -4.37. The summed E-state index contributed by atoms with van der Waals surface area (Å²) in [7, 11) is 2.87. The average Bonchev–Trinajstić information content (AvgIpc) is 2.86. The topological polar surface area (TPSA) is 178 Å². The van der Waals surface area contributed by atoms with Crippen LogP contribution in [0.5, 0.6) is 34.5 Å². The maximum absolute atomic E-state index is 12.9. The minimum absolute atomic E-state index is 0.0433. The highest BCUT2D eigenvalue weighted by Gasteiger charge is 2.24. The SMILES string of the molecule is COc1cc(C)c(C(=O)Oc2cc(C)c(C(=O)Oc3cc(C)c(C(=O)N[C@H](C)C(=O)O)c(O)c3)c(O)c2)c(OC)c1. The molecule has 3 aromatic rings. The van der Waals surface area contributed by atoms with Crippen molar-refractivity contribution >= 4 is 23.8 Å². The van der Waals surface area contributed by atoms with Gasteiger partial charge in [-0.15, -0.1) is 0 Å². The molecule has 0 radical (unpaired) electrons. The van der Waals surface area contributed by atoms with E-state index in [0.717, 1.165) is 12.1 Å². The quantitative estimate of drug-likeness (QED) is 0.219. The molecule has 12 nitrogen and oxygen atoms in total. The predicted octanol–water partition coefficient (Wildman–Crippen LogP) is 3.68. The molecule has 41 heavy (non-hydrogen) atoms. The zero-order valence-corrected chi connectivity index (χ0v) is 23.1. The highest BCUT2D eigenvalue weighted by atomic mass is 16.5. The van der Waals surface area contributed by atoms with Gasteiger partial charge in [0.05, 0.1) is 19.8 Å². The van der Waals surface area contributed by atoms with Crippen LogP contribution in [0.3, 0.4) is 0 Å². The van der Waals surface area contributed by atoms with Crippen LogP contribution in [0.25, 0.3) is 0 Å². The molecule has 0 bridgehead atoms. The minimum atomic E-state index is -1.26. The molecule has 12 heteroatoms. The molecule has 0 aliphatic heterocycles. The number of rotatable bonds is 9. The minimum Gasteiger partial charge on any atom is -0.507 e. The Labute approximate surface area is 235 Å². The summed E-state index contributed by atoms with van der Waals surface area (Å²) in [4.78, 5) is 49.3. The lowest BCUT2D eigenvalue weighted by atomic mass is 10.1. The summed E-state index contributed by atoms with van der Waals surface area (Å²) in [5, 5.41) is 32.2. The Morgan fingerprint density at radius 2 is 1.15 bits per heavy atom. The number of carbonyl (C=O) groups excluding carboxylic acids is 3. The number of nitrogens with one attached hydrogen (secondary N) is 1. The first-order valence-electron chi connectivity index (χ1n) is 12.1. The molecule has 3 rings (SSSR count). The van der Waals surface area contributed by atoms with Crippen molar-refractivity contribution in [2.75, 3.05) is 14.2 Å². The van der Waals surface area contributed by atoms with E-state index in [2.05, 4.69) is 5.32 Å². The number of aromatic hydroxyl groups is 2. The molecule has 0 unspecified atom stereocenters. The monoisotopic (exact) mass is 567 g/mol. The Kier molecular flexibility index (Phi) is 9.07. The first-order chi connectivity index (χ1) is 19.3. The van der Waals surface area contributed by atoms with E-state index < -0.39 is 41.4 Å². The van der Waals surface area contributed by atoms with Crippen molar-refractivity contribution in [2.24, 2.45) is 0 Å². The van der Waals surface area contributed by atoms with Gasteiger partial charge in [0.1, 0.15) is 51.7 Å². The van der Waals surface area contributed by atoms with Gasteiger partial charge in [0, 0.05) is 18.2 Å². The van der Waals surface area contributed by atoms with Crippen LogP contribution in [0.1, 0.15) is 54.7 Å². The molecule has 0 saturated carbocycles. The van der Waals surface area contributed by atoms with Gasteiger partial charge < -0.3 is 39.6 Å². The van der Waals surface area contributed by atoms with Crippen LogP contribution in [-0.2, 0) is 4.79 Å². The molecule has 0 aliphatic carbocycles. The van der Waals surface area contributed by atoms with Crippen LogP contribution >= 0.6 is 0 Å². The van der Waals surface area contributed by atoms with E-state index in [0.29, 0.717) is 11.3 Å². The number of methoxy groups -OCH3 is 2. The smallest absolute Gasteiger partial charge is 0.347 e. The number of phenolic OH excluding ortho intramolecular Hbond substituents is 2. The first kappa shape index (κ1) is 30.3. The van der Waals surface area contributed by atoms with Gasteiger partial charge in [0.15, 0.2) is 0 Å². The van der Waals surface area contributed by atoms with Crippen molar-refractivity contribution in [3.63, 3.8) is 0 Å². The Morgan fingerprint density at radius 3 is 1.61 bits per heavy atom. The largest absolute Gasteiger partial charge is 0.507 e. The zero-order chi connectivity index (χ0) is 30.6. The van der Waals surface area contributed by atoms with E-state index in [9.17, 15) is 29.4 Å². The second-order valence-corrected chi connectivity index (χ2v) is 9.10. The van der Waals surface area contributed by atoms with Crippen LogP contribution in [-0.4, -0.2) is 59.4 Å². The highest BCUT2D eigenvalue weighted by molar-refractivity contribution is 6.01. The molecule has 0 saturated heterocycles. The molecule has 4 N–H and O–H groups in total. The number of carboxylic acid groups (broad SMARTS) is 1. The summed E-state index contributed by atoms with van der Waals surface area (Å²) in [6, 6.07) is 6.71. The molecule has 1 amide bonds. The number of carboxylic acids is 1. The van der Waals surface area contributed by atoms with E-state index in [1.54, 1.807) is 13.0 Å². The number of amides is 1. The number of esters is 2. The number of aryl methyl sites for hydroxylation is 3. The van der Waals surface area contributed by atoms with Gasteiger partial charge in [-0.05, 0) is 62.6 Å². The van der Waals surface area contributed by atoms with E-state index >= 15 is 0 Å². The summed E-state index contributed by atoms with van der Waals surface area (Å²) in [5.41, 5.74) is 0.694. The van der Waals surface area contributed by atoms with E-state index in [-0.39, 0.29) is 45.1 Å². The van der Waals surface area contributed by atoms with Crippen molar-refractivity contribution in [3.05, 3.63) is 69.8 Å². The number of carbonyl (C=O) groups is 4. The molecule has 3 aromatic carbocycles. The summed E-state index contributed by atoms with van der Waals surface area (Å²) < 4.78 is 21.2. The summed E-state index contributed by atoms with van der Waals surface area (Å²) >= 11 is 0. The fraction of sp³-hybridized carbons (Fsp3) is 0.241.